The molecule has 110 valence electrons. The monoisotopic (exact) mass is 286 g/mol. The van der Waals surface area contributed by atoms with Gasteiger partial charge in [0.1, 0.15) is 0 Å². The van der Waals surface area contributed by atoms with Gasteiger partial charge in [0.2, 0.25) is 0 Å². The molecule has 4 atom stereocenters. The summed E-state index contributed by atoms with van der Waals surface area (Å²) in [6, 6.07) is 8.89. The molecule has 1 aliphatic heterocycles. The van der Waals surface area contributed by atoms with Gasteiger partial charge in [0.05, 0.1) is 24.3 Å². The smallest absolute Gasteiger partial charge is 0.251 e. The molecule has 2 fully saturated rings. The second-order valence-corrected chi connectivity index (χ2v) is 5.60. The van der Waals surface area contributed by atoms with Crippen LogP contribution in [0.15, 0.2) is 24.3 Å². The average Bonchev–Trinajstić information content (AvgIpc) is 2.94. The van der Waals surface area contributed by atoms with E-state index in [0.29, 0.717) is 23.7 Å². The molecule has 0 spiro atoms. The highest BCUT2D eigenvalue weighted by Crippen LogP contribution is 2.43. The summed E-state index contributed by atoms with van der Waals surface area (Å²) in [7, 11) is 1.66. The molecule has 0 bridgehead atoms. The molecule has 5 heteroatoms. The van der Waals surface area contributed by atoms with Crippen LogP contribution in [0, 0.1) is 23.2 Å². The second kappa shape index (κ2) is 5.84. The van der Waals surface area contributed by atoms with Gasteiger partial charge in [0.15, 0.2) is 0 Å². The highest BCUT2D eigenvalue weighted by molar-refractivity contribution is 5.94. The zero-order chi connectivity index (χ0) is 14.8. The molecule has 1 saturated heterocycles. The number of carbonyl (C=O) groups excluding carboxylic acids is 1. The van der Waals surface area contributed by atoms with Gasteiger partial charge in [-0.15, -0.1) is 0 Å². The van der Waals surface area contributed by atoms with Gasteiger partial charge in [-0.3, -0.25) is 4.79 Å². The summed E-state index contributed by atoms with van der Waals surface area (Å²) in [6.07, 6.45) is 1.19. The lowest BCUT2D eigenvalue weighted by Gasteiger charge is -2.47. The van der Waals surface area contributed by atoms with E-state index < -0.39 is 0 Å². The molecular weight excluding hydrogens is 268 g/mol. The van der Waals surface area contributed by atoms with Crippen molar-refractivity contribution in [2.45, 2.75) is 18.6 Å². The van der Waals surface area contributed by atoms with Crippen LogP contribution in [0.2, 0.25) is 0 Å². The van der Waals surface area contributed by atoms with Crippen molar-refractivity contribution in [2.24, 2.45) is 11.8 Å². The van der Waals surface area contributed by atoms with Crippen LogP contribution in [0.4, 0.5) is 0 Å². The fraction of sp³-hybridized carbons (Fsp3) is 0.500. The minimum atomic E-state index is -0.136. The summed E-state index contributed by atoms with van der Waals surface area (Å²) in [5, 5.41) is 12.0. The molecule has 0 aromatic heterocycles. The van der Waals surface area contributed by atoms with Gasteiger partial charge >= 0.3 is 0 Å². The molecule has 2 aliphatic rings. The number of nitriles is 1. The van der Waals surface area contributed by atoms with Crippen molar-refractivity contribution in [3.8, 4) is 6.07 Å². The standard InChI is InChI=1S/C16H18N2O3/c1-20-9-13-14(12-5-6-21-15(12)13)18-16(19)11-4-2-3-10(7-11)8-17/h2-4,7,12-15H,5-6,9H2,1H3,(H,18,19)/t12-,13-,14-,15-/m0/s1. The summed E-state index contributed by atoms with van der Waals surface area (Å²) in [5.41, 5.74) is 1.01. The number of nitrogens with zero attached hydrogens (tertiary/aromatic N) is 1. The number of rotatable bonds is 4. The Hall–Kier alpha value is -1.90. The first-order valence-corrected chi connectivity index (χ1v) is 7.16. The van der Waals surface area contributed by atoms with E-state index in [1.807, 2.05) is 6.07 Å². The number of benzene rings is 1. The zero-order valence-electron chi connectivity index (χ0n) is 11.9. The lowest BCUT2D eigenvalue weighted by Crippen LogP contribution is -2.62. The van der Waals surface area contributed by atoms with Crippen LogP contribution in [0.25, 0.3) is 0 Å². The maximum absolute atomic E-state index is 12.4. The van der Waals surface area contributed by atoms with Gasteiger partial charge in [-0.1, -0.05) is 6.07 Å². The van der Waals surface area contributed by atoms with Gasteiger partial charge in [-0.2, -0.15) is 5.26 Å². The molecule has 1 amide bonds. The number of hydrogen-bond donors (Lipinski definition) is 1. The SMILES string of the molecule is COC[C@H]1[C@@H](NC(=O)c2cccc(C#N)c2)[C@@H]2CCO[C@@H]21. The Morgan fingerprint density at radius 2 is 2.43 bits per heavy atom. The van der Waals surface area contributed by atoms with E-state index in [0.717, 1.165) is 13.0 Å². The molecular formula is C16H18N2O3. The Morgan fingerprint density at radius 1 is 1.57 bits per heavy atom. The van der Waals surface area contributed by atoms with Crippen molar-refractivity contribution in [2.75, 3.05) is 20.3 Å². The van der Waals surface area contributed by atoms with E-state index >= 15 is 0 Å². The predicted molar refractivity (Wildman–Crippen MR) is 75.6 cm³/mol. The molecule has 0 unspecified atom stereocenters. The maximum atomic E-state index is 12.4. The average molecular weight is 286 g/mol. The summed E-state index contributed by atoms with van der Waals surface area (Å²) in [4.78, 5) is 12.4. The van der Waals surface area contributed by atoms with Crippen LogP contribution < -0.4 is 5.32 Å². The molecule has 1 saturated carbocycles. The fourth-order valence-corrected chi connectivity index (χ4v) is 3.40. The fourth-order valence-electron chi connectivity index (χ4n) is 3.40. The Morgan fingerprint density at radius 3 is 3.19 bits per heavy atom. The number of amides is 1. The van der Waals surface area contributed by atoms with Crippen molar-refractivity contribution >= 4 is 5.91 Å². The van der Waals surface area contributed by atoms with Crippen molar-refractivity contribution in [3.05, 3.63) is 35.4 Å². The number of hydrogen-bond acceptors (Lipinski definition) is 4. The minimum Gasteiger partial charge on any atom is -0.384 e. The van der Waals surface area contributed by atoms with E-state index in [2.05, 4.69) is 5.32 Å². The topological polar surface area (TPSA) is 71.3 Å². The number of carbonyl (C=O) groups is 1. The van der Waals surface area contributed by atoms with Gasteiger partial charge < -0.3 is 14.8 Å². The number of nitrogens with one attached hydrogen (secondary N) is 1. The third kappa shape index (κ3) is 2.53. The van der Waals surface area contributed by atoms with Crippen LogP contribution in [0.3, 0.4) is 0 Å². The molecule has 1 aromatic carbocycles. The van der Waals surface area contributed by atoms with Crippen molar-refractivity contribution in [3.63, 3.8) is 0 Å². The first-order chi connectivity index (χ1) is 10.2. The quantitative estimate of drug-likeness (QED) is 0.906. The molecule has 1 N–H and O–H groups in total. The van der Waals surface area contributed by atoms with E-state index in [1.54, 1.807) is 31.4 Å². The first kappa shape index (κ1) is 14.1. The minimum absolute atomic E-state index is 0.0932. The zero-order valence-corrected chi connectivity index (χ0v) is 11.9. The van der Waals surface area contributed by atoms with Crippen LogP contribution >= 0.6 is 0 Å². The Kier molecular flexibility index (Phi) is 3.91. The Balaban J connectivity index is 1.70. The van der Waals surface area contributed by atoms with Crippen LogP contribution in [0.1, 0.15) is 22.3 Å². The van der Waals surface area contributed by atoms with Crippen LogP contribution in [-0.2, 0) is 9.47 Å². The highest BCUT2D eigenvalue weighted by atomic mass is 16.5. The predicted octanol–water partition coefficient (Wildman–Crippen LogP) is 1.34. The Labute approximate surface area is 123 Å². The largest absolute Gasteiger partial charge is 0.384 e. The highest BCUT2D eigenvalue weighted by Gasteiger charge is 2.54. The van der Waals surface area contributed by atoms with E-state index in [-0.39, 0.29) is 24.0 Å². The number of ether oxygens (including phenoxy) is 2. The van der Waals surface area contributed by atoms with E-state index in [4.69, 9.17) is 14.7 Å². The van der Waals surface area contributed by atoms with Crippen molar-refractivity contribution in [1.82, 2.24) is 5.32 Å². The van der Waals surface area contributed by atoms with Crippen molar-refractivity contribution in [1.29, 1.82) is 5.26 Å². The molecule has 3 rings (SSSR count). The molecule has 0 radical (unpaired) electrons. The Bertz CT molecular complexity index is 581. The number of methoxy groups -OCH3 is 1. The molecule has 5 nitrogen and oxygen atoms in total. The normalized spacial score (nSPS) is 30.1. The van der Waals surface area contributed by atoms with Gasteiger partial charge in [0.25, 0.3) is 5.91 Å². The van der Waals surface area contributed by atoms with Crippen LogP contribution in [-0.4, -0.2) is 38.4 Å². The summed E-state index contributed by atoms with van der Waals surface area (Å²) >= 11 is 0. The molecule has 1 aliphatic carbocycles. The second-order valence-electron chi connectivity index (χ2n) is 5.60. The van der Waals surface area contributed by atoms with E-state index in [1.165, 1.54) is 0 Å². The van der Waals surface area contributed by atoms with Crippen molar-refractivity contribution < 1.29 is 14.3 Å². The first-order valence-electron chi connectivity index (χ1n) is 7.16. The van der Waals surface area contributed by atoms with Gasteiger partial charge in [-0.05, 0) is 24.6 Å². The third-order valence-electron chi connectivity index (χ3n) is 4.44. The van der Waals surface area contributed by atoms with Gasteiger partial charge in [0, 0.05) is 37.2 Å². The lowest BCUT2D eigenvalue weighted by molar-refractivity contribution is -0.0809. The summed E-state index contributed by atoms with van der Waals surface area (Å²) < 4.78 is 10.9. The lowest BCUT2D eigenvalue weighted by atomic mass is 9.67. The van der Waals surface area contributed by atoms with E-state index in [9.17, 15) is 4.79 Å². The third-order valence-corrected chi connectivity index (χ3v) is 4.44. The number of fused-ring (bicyclic) bond motifs is 1. The maximum Gasteiger partial charge on any atom is 0.251 e. The molecule has 1 aromatic rings. The van der Waals surface area contributed by atoms with Gasteiger partial charge in [-0.25, -0.2) is 0 Å². The summed E-state index contributed by atoms with van der Waals surface area (Å²) in [6.45, 7) is 1.34. The van der Waals surface area contributed by atoms with Crippen LogP contribution in [0.5, 0.6) is 0 Å². The summed E-state index contributed by atoms with van der Waals surface area (Å²) in [5.74, 6) is 0.461. The molecule has 1 heterocycles. The molecule has 21 heavy (non-hydrogen) atoms.